The minimum Gasteiger partial charge on any atom is -0.487 e. The fraction of sp³-hybridized carbons (Fsp3) is 0.200. The molecular weight excluding hydrogens is 391 g/mol. The van der Waals surface area contributed by atoms with Gasteiger partial charge in [-0.15, -0.1) is 11.3 Å². The summed E-state index contributed by atoms with van der Waals surface area (Å²) >= 11 is 1.34. The van der Waals surface area contributed by atoms with Crippen LogP contribution in [0, 0.1) is 0 Å². The van der Waals surface area contributed by atoms with Crippen LogP contribution < -0.4 is 4.74 Å². The zero-order chi connectivity index (χ0) is 20.1. The molecule has 2 aromatic carbocycles. The average molecular weight is 407 g/mol. The molecule has 3 aromatic rings. The number of hydrogen-bond donors (Lipinski definition) is 0. The van der Waals surface area contributed by atoms with Crippen LogP contribution in [0.5, 0.6) is 5.75 Å². The van der Waals surface area contributed by atoms with E-state index in [0.717, 1.165) is 17.7 Å². The minimum absolute atomic E-state index is 0.194. The van der Waals surface area contributed by atoms with E-state index < -0.39 is 11.7 Å². The Hall–Kier alpha value is -2.87. The quantitative estimate of drug-likeness (QED) is 0.532. The zero-order valence-electron chi connectivity index (χ0n) is 14.8. The predicted molar refractivity (Wildman–Crippen MR) is 99.0 cm³/mol. The Kier molecular flexibility index (Phi) is 5.99. The molecule has 0 radical (unpaired) electrons. The van der Waals surface area contributed by atoms with Gasteiger partial charge in [0.15, 0.2) is 0 Å². The van der Waals surface area contributed by atoms with Crippen LogP contribution in [-0.4, -0.2) is 18.1 Å². The van der Waals surface area contributed by atoms with Crippen LogP contribution in [0.3, 0.4) is 0 Å². The molecule has 0 N–H and O–H groups in total. The monoisotopic (exact) mass is 407 g/mol. The van der Waals surface area contributed by atoms with Gasteiger partial charge in [-0.25, -0.2) is 4.98 Å². The molecule has 1 aromatic heterocycles. The molecule has 0 atom stereocenters. The predicted octanol–water partition coefficient (Wildman–Crippen LogP) is 5.12. The highest BCUT2D eigenvalue weighted by molar-refractivity contribution is 7.13. The van der Waals surface area contributed by atoms with E-state index >= 15 is 0 Å². The number of carbonyl (C=O) groups excluding carboxylic acids is 1. The van der Waals surface area contributed by atoms with Gasteiger partial charge in [-0.05, 0) is 29.8 Å². The standard InChI is InChI=1S/C20H16F3NO3S/c1-26-18(25)10-13-2-8-17(9-3-13)27-11-16-12-28-19(24-16)14-4-6-15(7-5-14)20(21,22)23/h2-9,12H,10-11H2,1H3. The molecule has 8 heteroatoms. The summed E-state index contributed by atoms with van der Waals surface area (Å²) < 4.78 is 48.2. The molecule has 0 saturated carbocycles. The summed E-state index contributed by atoms with van der Waals surface area (Å²) in [5, 5.41) is 2.43. The Morgan fingerprint density at radius 3 is 2.36 bits per heavy atom. The highest BCUT2D eigenvalue weighted by Crippen LogP contribution is 2.31. The first kappa shape index (κ1) is 19.9. The summed E-state index contributed by atoms with van der Waals surface area (Å²) in [4.78, 5) is 15.7. The number of thiazole rings is 1. The van der Waals surface area contributed by atoms with Crippen LogP contribution >= 0.6 is 11.3 Å². The number of benzene rings is 2. The van der Waals surface area contributed by atoms with E-state index in [2.05, 4.69) is 9.72 Å². The molecule has 0 unspecified atom stereocenters. The molecule has 0 aliphatic rings. The molecule has 0 fully saturated rings. The third kappa shape index (κ3) is 5.10. The lowest BCUT2D eigenvalue weighted by molar-refractivity contribution is -0.140. The lowest BCUT2D eigenvalue weighted by atomic mass is 10.1. The van der Waals surface area contributed by atoms with E-state index in [4.69, 9.17) is 4.74 Å². The molecule has 0 aliphatic heterocycles. The van der Waals surface area contributed by atoms with Crippen LogP contribution in [-0.2, 0) is 28.7 Å². The number of aromatic nitrogens is 1. The number of ether oxygens (including phenoxy) is 2. The van der Waals surface area contributed by atoms with Gasteiger partial charge >= 0.3 is 12.1 Å². The number of esters is 1. The number of carbonyl (C=O) groups is 1. The second kappa shape index (κ2) is 8.43. The molecule has 0 amide bonds. The fourth-order valence-corrected chi connectivity index (χ4v) is 3.22. The first-order valence-electron chi connectivity index (χ1n) is 8.26. The zero-order valence-corrected chi connectivity index (χ0v) is 15.6. The minimum atomic E-state index is -4.35. The number of rotatable bonds is 6. The normalized spacial score (nSPS) is 11.3. The van der Waals surface area contributed by atoms with E-state index in [-0.39, 0.29) is 19.0 Å². The van der Waals surface area contributed by atoms with Crippen molar-refractivity contribution in [2.45, 2.75) is 19.2 Å². The summed E-state index contributed by atoms with van der Waals surface area (Å²) in [6, 6.07) is 12.0. The molecule has 146 valence electrons. The molecule has 0 spiro atoms. The van der Waals surface area contributed by atoms with Crippen molar-refractivity contribution >= 4 is 17.3 Å². The Balaban J connectivity index is 1.59. The first-order chi connectivity index (χ1) is 13.3. The van der Waals surface area contributed by atoms with Crippen molar-refractivity contribution in [3.8, 4) is 16.3 Å². The maximum absolute atomic E-state index is 12.6. The summed E-state index contributed by atoms with van der Waals surface area (Å²) in [7, 11) is 1.34. The summed E-state index contributed by atoms with van der Waals surface area (Å²) in [5.74, 6) is 0.310. The van der Waals surface area contributed by atoms with E-state index in [9.17, 15) is 18.0 Å². The fourth-order valence-electron chi connectivity index (χ4n) is 2.41. The van der Waals surface area contributed by atoms with Crippen LogP contribution in [0.1, 0.15) is 16.8 Å². The molecule has 3 rings (SSSR count). The van der Waals surface area contributed by atoms with Crippen molar-refractivity contribution in [3.05, 3.63) is 70.7 Å². The van der Waals surface area contributed by atoms with Crippen molar-refractivity contribution in [3.63, 3.8) is 0 Å². The Labute approximate surface area is 163 Å². The average Bonchev–Trinajstić information content (AvgIpc) is 3.16. The van der Waals surface area contributed by atoms with Gasteiger partial charge in [-0.3, -0.25) is 4.79 Å². The lowest BCUT2D eigenvalue weighted by Gasteiger charge is -2.06. The lowest BCUT2D eigenvalue weighted by Crippen LogP contribution is -2.04. The third-order valence-corrected chi connectivity index (χ3v) is 4.84. The maximum Gasteiger partial charge on any atom is 0.416 e. The van der Waals surface area contributed by atoms with Crippen molar-refractivity contribution in [2.24, 2.45) is 0 Å². The summed E-state index contributed by atoms with van der Waals surface area (Å²) in [6.07, 6.45) is -4.16. The summed E-state index contributed by atoms with van der Waals surface area (Å²) in [6.45, 7) is 0.230. The molecule has 1 heterocycles. The number of halogens is 3. The van der Waals surface area contributed by atoms with Crippen LogP contribution in [0.2, 0.25) is 0 Å². The number of nitrogens with zero attached hydrogens (tertiary/aromatic N) is 1. The van der Waals surface area contributed by atoms with Gasteiger partial charge in [0.1, 0.15) is 17.4 Å². The van der Waals surface area contributed by atoms with Crippen LogP contribution in [0.4, 0.5) is 13.2 Å². The molecule has 0 bridgehead atoms. The van der Waals surface area contributed by atoms with E-state index in [0.29, 0.717) is 22.0 Å². The highest BCUT2D eigenvalue weighted by Gasteiger charge is 2.30. The van der Waals surface area contributed by atoms with Crippen molar-refractivity contribution in [2.75, 3.05) is 7.11 Å². The Morgan fingerprint density at radius 1 is 1.07 bits per heavy atom. The van der Waals surface area contributed by atoms with Crippen molar-refractivity contribution < 1.29 is 27.4 Å². The largest absolute Gasteiger partial charge is 0.487 e. The smallest absolute Gasteiger partial charge is 0.416 e. The van der Waals surface area contributed by atoms with Crippen molar-refractivity contribution in [1.82, 2.24) is 4.98 Å². The van der Waals surface area contributed by atoms with E-state index in [1.54, 1.807) is 29.6 Å². The van der Waals surface area contributed by atoms with Gasteiger partial charge in [0.25, 0.3) is 0 Å². The van der Waals surface area contributed by atoms with Gasteiger partial charge in [-0.2, -0.15) is 13.2 Å². The van der Waals surface area contributed by atoms with Gasteiger partial charge in [0.05, 0.1) is 24.8 Å². The maximum atomic E-state index is 12.6. The Bertz CT molecular complexity index is 935. The highest BCUT2D eigenvalue weighted by atomic mass is 32.1. The molecule has 0 saturated heterocycles. The Morgan fingerprint density at radius 2 is 1.75 bits per heavy atom. The summed E-state index contributed by atoms with van der Waals surface area (Å²) in [5.41, 5.74) is 1.43. The van der Waals surface area contributed by atoms with Gasteiger partial charge < -0.3 is 9.47 Å². The second-order valence-electron chi connectivity index (χ2n) is 5.90. The van der Waals surface area contributed by atoms with Gasteiger partial charge in [-0.1, -0.05) is 24.3 Å². The number of alkyl halides is 3. The van der Waals surface area contributed by atoms with E-state index in [1.165, 1.54) is 30.6 Å². The van der Waals surface area contributed by atoms with Crippen LogP contribution in [0.25, 0.3) is 10.6 Å². The van der Waals surface area contributed by atoms with Crippen LogP contribution in [0.15, 0.2) is 53.9 Å². The first-order valence-corrected chi connectivity index (χ1v) is 9.14. The van der Waals surface area contributed by atoms with Gasteiger partial charge in [0.2, 0.25) is 0 Å². The molecule has 28 heavy (non-hydrogen) atoms. The number of methoxy groups -OCH3 is 1. The van der Waals surface area contributed by atoms with Gasteiger partial charge in [0, 0.05) is 10.9 Å². The SMILES string of the molecule is COC(=O)Cc1ccc(OCc2csc(-c3ccc(C(F)(F)F)cc3)n2)cc1. The van der Waals surface area contributed by atoms with Crippen molar-refractivity contribution in [1.29, 1.82) is 0 Å². The molecular formula is C20H16F3NO3S. The molecule has 4 nitrogen and oxygen atoms in total. The second-order valence-corrected chi connectivity index (χ2v) is 6.76. The third-order valence-electron chi connectivity index (χ3n) is 3.90. The number of hydrogen-bond acceptors (Lipinski definition) is 5. The molecule has 0 aliphatic carbocycles. The topological polar surface area (TPSA) is 48.4 Å². The van der Waals surface area contributed by atoms with E-state index in [1.807, 2.05) is 0 Å².